The molecular formula is C13H14IN3O. The first-order chi connectivity index (χ1) is 8.61. The van der Waals surface area contributed by atoms with Crippen LogP contribution in [0.3, 0.4) is 0 Å². The van der Waals surface area contributed by atoms with Crippen LogP contribution in [0, 0.1) is 10.5 Å². The van der Waals surface area contributed by atoms with Crippen LogP contribution in [0.4, 0.5) is 5.82 Å². The van der Waals surface area contributed by atoms with Crippen LogP contribution in [-0.2, 0) is 11.3 Å². The van der Waals surface area contributed by atoms with E-state index in [2.05, 4.69) is 32.6 Å². The Morgan fingerprint density at radius 3 is 2.44 bits per heavy atom. The zero-order valence-electron chi connectivity index (χ0n) is 10.3. The number of hydrogen-bond acceptors (Lipinski definition) is 4. The summed E-state index contributed by atoms with van der Waals surface area (Å²) in [4.78, 5) is 8.76. The van der Waals surface area contributed by atoms with Gasteiger partial charge in [0.2, 0.25) is 0 Å². The summed E-state index contributed by atoms with van der Waals surface area (Å²) < 4.78 is 5.98. The van der Waals surface area contributed by atoms with Gasteiger partial charge in [0, 0.05) is 12.7 Å². The summed E-state index contributed by atoms with van der Waals surface area (Å²) in [6.45, 7) is 2.54. The van der Waals surface area contributed by atoms with Gasteiger partial charge in [-0.1, -0.05) is 24.3 Å². The van der Waals surface area contributed by atoms with Gasteiger partial charge in [0.1, 0.15) is 5.82 Å². The average molecular weight is 355 g/mol. The van der Waals surface area contributed by atoms with Crippen LogP contribution in [0.5, 0.6) is 0 Å². The van der Waals surface area contributed by atoms with Crippen molar-refractivity contribution >= 4 is 28.4 Å². The summed E-state index contributed by atoms with van der Waals surface area (Å²) in [5.41, 5.74) is 8.84. The molecule has 0 radical (unpaired) electrons. The molecule has 1 heterocycles. The molecule has 18 heavy (non-hydrogen) atoms. The third-order valence-electron chi connectivity index (χ3n) is 2.57. The Balaban J connectivity index is 2.36. The molecule has 2 aromatic rings. The number of benzene rings is 1. The van der Waals surface area contributed by atoms with Crippen LogP contribution < -0.4 is 5.73 Å². The van der Waals surface area contributed by atoms with E-state index in [-0.39, 0.29) is 0 Å². The van der Waals surface area contributed by atoms with Gasteiger partial charge in [0.05, 0.1) is 15.9 Å². The largest absolute Gasteiger partial charge is 0.383 e. The number of aromatic nitrogens is 2. The third-order valence-corrected chi connectivity index (χ3v) is 3.90. The van der Waals surface area contributed by atoms with E-state index in [9.17, 15) is 0 Å². The van der Waals surface area contributed by atoms with Gasteiger partial charge in [-0.2, -0.15) is 0 Å². The van der Waals surface area contributed by atoms with E-state index in [0.29, 0.717) is 18.2 Å². The van der Waals surface area contributed by atoms with Crippen LogP contribution in [0.15, 0.2) is 24.3 Å². The van der Waals surface area contributed by atoms with Crippen molar-refractivity contribution in [2.45, 2.75) is 13.5 Å². The molecule has 0 spiro atoms. The Hall–Kier alpha value is -1.21. The van der Waals surface area contributed by atoms with Gasteiger partial charge in [-0.25, -0.2) is 9.97 Å². The third kappa shape index (κ3) is 2.78. The SMILES string of the molecule is COCc1ccc(-c2nc(C)c(I)c(N)n2)cc1. The molecule has 4 nitrogen and oxygen atoms in total. The smallest absolute Gasteiger partial charge is 0.161 e. The number of anilines is 1. The highest BCUT2D eigenvalue weighted by molar-refractivity contribution is 14.1. The fraction of sp³-hybridized carbons (Fsp3) is 0.231. The second-order valence-electron chi connectivity index (χ2n) is 3.96. The van der Waals surface area contributed by atoms with Crippen LogP contribution in [0.25, 0.3) is 11.4 Å². The first-order valence-corrected chi connectivity index (χ1v) is 6.57. The number of aryl methyl sites for hydroxylation is 1. The van der Waals surface area contributed by atoms with Gasteiger partial charge < -0.3 is 10.5 Å². The number of rotatable bonds is 3. The number of nitrogen functional groups attached to an aromatic ring is 1. The number of ether oxygens (including phenoxy) is 1. The summed E-state index contributed by atoms with van der Waals surface area (Å²) >= 11 is 2.15. The molecular weight excluding hydrogens is 341 g/mol. The highest BCUT2D eigenvalue weighted by atomic mass is 127. The minimum atomic E-state index is 0.527. The van der Waals surface area contributed by atoms with Crippen molar-refractivity contribution in [3.8, 4) is 11.4 Å². The van der Waals surface area contributed by atoms with Gasteiger partial charge in [-0.15, -0.1) is 0 Å². The summed E-state index contributed by atoms with van der Waals surface area (Å²) in [5, 5.41) is 0. The van der Waals surface area contributed by atoms with E-state index in [0.717, 1.165) is 20.4 Å². The Bertz CT molecular complexity index is 532. The fourth-order valence-electron chi connectivity index (χ4n) is 1.63. The van der Waals surface area contributed by atoms with Crippen molar-refractivity contribution in [2.24, 2.45) is 0 Å². The van der Waals surface area contributed by atoms with Crippen molar-refractivity contribution in [1.82, 2.24) is 9.97 Å². The second-order valence-corrected chi connectivity index (χ2v) is 5.04. The quantitative estimate of drug-likeness (QED) is 0.861. The minimum Gasteiger partial charge on any atom is -0.383 e. The molecule has 0 bridgehead atoms. The molecule has 0 atom stereocenters. The number of methoxy groups -OCH3 is 1. The van der Waals surface area contributed by atoms with Crippen molar-refractivity contribution < 1.29 is 4.74 Å². The highest BCUT2D eigenvalue weighted by Crippen LogP contribution is 2.22. The zero-order chi connectivity index (χ0) is 13.1. The first kappa shape index (κ1) is 13.2. The minimum absolute atomic E-state index is 0.527. The fourth-order valence-corrected chi connectivity index (χ4v) is 1.87. The Morgan fingerprint density at radius 1 is 1.22 bits per heavy atom. The van der Waals surface area contributed by atoms with E-state index in [1.807, 2.05) is 31.2 Å². The molecule has 1 aromatic carbocycles. The lowest BCUT2D eigenvalue weighted by molar-refractivity contribution is 0.185. The number of nitrogens with two attached hydrogens (primary N) is 1. The Kier molecular flexibility index (Phi) is 4.13. The zero-order valence-corrected chi connectivity index (χ0v) is 12.4. The lowest BCUT2D eigenvalue weighted by Gasteiger charge is -2.06. The lowest BCUT2D eigenvalue weighted by Crippen LogP contribution is -2.02. The molecule has 2 rings (SSSR count). The van der Waals surface area contributed by atoms with Crippen LogP contribution in [0.1, 0.15) is 11.3 Å². The van der Waals surface area contributed by atoms with Gasteiger partial charge >= 0.3 is 0 Å². The van der Waals surface area contributed by atoms with Gasteiger partial charge in [0.15, 0.2) is 5.82 Å². The van der Waals surface area contributed by atoms with E-state index in [4.69, 9.17) is 10.5 Å². The van der Waals surface area contributed by atoms with E-state index >= 15 is 0 Å². The maximum atomic E-state index is 5.86. The van der Waals surface area contributed by atoms with E-state index < -0.39 is 0 Å². The Morgan fingerprint density at radius 2 is 1.89 bits per heavy atom. The standard InChI is InChI=1S/C13H14IN3O/c1-8-11(14)12(15)17-13(16-8)10-5-3-9(4-6-10)7-18-2/h3-6H,7H2,1-2H3,(H2,15,16,17). The van der Waals surface area contributed by atoms with E-state index in [1.54, 1.807) is 7.11 Å². The molecule has 0 amide bonds. The number of nitrogens with zero attached hydrogens (tertiary/aromatic N) is 2. The normalized spacial score (nSPS) is 10.6. The maximum Gasteiger partial charge on any atom is 0.161 e. The topological polar surface area (TPSA) is 61.0 Å². The molecule has 0 unspecified atom stereocenters. The molecule has 94 valence electrons. The second kappa shape index (κ2) is 5.62. The van der Waals surface area contributed by atoms with Crippen molar-refractivity contribution in [3.63, 3.8) is 0 Å². The highest BCUT2D eigenvalue weighted by Gasteiger charge is 2.08. The average Bonchev–Trinajstić information content (AvgIpc) is 2.37. The molecule has 0 fully saturated rings. The molecule has 5 heteroatoms. The van der Waals surface area contributed by atoms with Crippen molar-refractivity contribution in [3.05, 3.63) is 39.1 Å². The first-order valence-electron chi connectivity index (χ1n) is 5.49. The molecule has 0 aliphatic heterocycles. The Labute approximate surface area is 120 Å². The summed E-state index contributed by atoms with van der Waals surface area (Å²) in [6, 6.07) is 7.97. The van der Waals surface area contributed by atoms with Crippen LogP contribution in [0.2, 0.25) is 0 Å². The number of halogens is 1. The predicted octanol–water partition coefficient (Wildman–Crippen LogP) is 2.79. The van der Waals surface area contributed by atoms with Crippen LogP contribution in [-0.4, -0.2) is 17.1 Å². The maximum absolute atomic E-state index is 5.86. The van der Waals surface area contributed by atoms with Gasteiger partial charge in [-0.05, 0) is 35.1 Å². The lowest BCUT2D eigenvalue weighted by atomic mass is 10.1. The summed E-state index contributed by atoms with van der Waals surface area (Å²) in [6.07, 6.45) is 0. The summed E-state index contributed by atoms with van der Waals surface area (Å²) in [7, 11) is 1.68. The van der Waals surface area contributed by atoms with E-state index in [1.165, 1.54) is 0 Å². The van der Waals surface area contributed by atoms with Crippen molar-refractivity contribution in [2.75, 3.05) is 12.8 Å². The molecule has 0 aliphatic rings. The predicted molar refractivity (Wildman–Crippen MR) is 80.0 cm³/mol. The summed E-state index contributed by atoms with van der Waals surface area (Å²) in [5.74, 6) is 1.19. The molecule has 0 aliphatic carbocycles. The molecule has 0 saturated heterocycles. The van der Waals surface area contributed by atoms with Gasteiger partial charge in [-0.3, -0.25) is 0 Å². The van der Waals surface area contributed by atoms with Gasteiger partial charge in [0.25, 0.3) is 0 Å². The monoisotopic (exact) mass is 355 g/mol. The molecule has 2 N–H and O–H groups in total. The van der Waals surface area contributed by atoms with Crippen LogP contribution >= 0.6 is 22.6 Å². The number of hydrogen-bond donors (Lipinski definition) is 1. The molecule has 0 saturated carbocycles. The molecule has 1 aromatic heterocycles. The van der Waals surface area contributed by atoms with Crippen molar-refractivity contribution in [1.29, 1.82) is 0 Å².